The Hall–Kier alpha value is -1.62. The number of rotatable bonds is 1. The van der Waals surface area contributed by atoms with E-state index >= 15 is 0 Å². The molecule has 0 radical (unpaired) electrons. The molecule has 0 atom stereocenters. The third-order valence-corrected chi connectivity index (χ3v) is 1.94. The summed E-state index contributed by atoms with van der Waals surface area (Å²) in [4.78, 5) is 14.4. The molecule has 0 spiro atoms. The van der Waals surface area contributed by atoms with Crippen molar-refractivity contribution in [3.63, 3.8) is 0 Å². The number of carboxylic acid groups (broad SMARTS) is 1. The van der Waals surface area contributed by atoms with E-state index in [1.54, 1.807) is 0 Å². The molecule has 2 aromatic rings. The fourth-order valence-electron chi connectivity index (χ4n) is 1.06. The van der Waals surface area contributed by atoms with Crippen molar-refractivity contribution in [1.29, 1.82) is 0 Å². The maximum Gasteiger partial charge on any atom is 0.339 e. The van der Waals surface area contributed by atoms with Crippen molar-refractivity contribution in [3.8, 4) is 0 Å². The van der Waals surface area contributed by atoms with Crippen molar-refractivity contribution in [2.24, 2.45) is 0 Å². The number of aromatic amines is 1. The van der Waals surface area contributed by atoms with Crippen LogP contribution < -0.4 is 0 Å². The van der Waals surface area contributed by atoms with E-state index in [4.69, 9.17) is 16.7 Å². The Kier molecular flexibility index (Phi) is 1.66. The number of hydrogen-bond acceptors (Lipinski definition) is 3. The summed E-state index contributed by atoms with van der Waals surface area (Å²) in [7, 11) is 0. The largest absolute Gasteiger partial charge is 0.478 e. The van der Waals surface area contributed by atoms with Crippen LogP contribution in [0.3, 0.4) is 0 Å². The summed E-state index contributed by atoms with van der Waals surface area (Å²) in [6.07, 6.45) is 2.70. The van der Waals surface area contributed by atoms with Crippen LogP contribution in [0.5, 0.6) is 0 Å². The Morgan fingerprint density at radius 2 is 2.31 bits per heavy atom. The molecule has 2 aromatic heterocycles. The van der Waals surface area contributed by atoms with Gasteiger partial charge >= 0.3 is 5.97 Å². The highest BCUT2D eigenvalue weighted by molar-refractivity contribution is 6.34. The number of aromatic carboxylic acids is 1. The molecule has 0 fully saturated rings. The Morgan fingerprint density at radius 3 is 3.00 bits per heavy atom. The Labute approximate surface area is 77.4 Å². The molecule has 0 aliphatic rings. The topological polar surface area (TPSA) is 78.9 Å². The van der Waals surface area contributed by atoms with Crippen LogP contribution in [-0.4, -0.2) is 26.3 Å². The predicted molar refractivity (Wildman–Crippen MR) is 45.9 cm³/mol. The van der Waals surface area contributed by atoms with Gasteiger partial charge in [0.25, 0.3) is 0 Å². The number of pyridine rings is 1. The van der Waals surface area contributed by atoms with Gasteiger partial charge in [-0.3, -0.25) is 10.1 Å². The fourth-order valence-corrected chi connectivity index (χ4v) is 1.24. The van der Waals surface area contributed by atoms with E-state index in [2.05, 4.69) is 15.2 Å². The van der Waals surface area contributed by atoms with Crippen molar-refractivity contribution in [2.45, 2.75) is 0 Å². The second-order valence-electron chi connectivity index (χ2n) is 2.43. The lowest BCUT2D eigenvalue weighted by atomic mass is 10.2. The van der Waals surface area contributed by atoms with Gasteiger partial charge in [-0.05, 0) is 0 Å². The van der Waals surface area contributed by atoms with Gasteiger partial charge in [0, 0.05) is 12.4 Å². The van der Waals surface area contributed by atoms with Crippen molar-refractivity contribution in [2.75, 3.05) is 0 Å². The SMILES string of the molecule is O=C(O)c1cncc2c(Cl)[nH]nc12. The van der Waals surface area contributed by atoms with Gasteiger partial charge in [-0.1, -0.05) is 11.6 Å². The number of nitrogens with one attached hydrogen (secondary N) is 1. The molecule has 2 heterocycles. The summed E-state index contributed by atoms with van der Waals surface area (Å²) >= 11 is 5.70. The van der Waals surface area contributed by atoms with Crippen LogP contribution in [0.1, 0.15) is 10.4 Å². The Morgan fingerprint density at radius 1 is 1.54 bits per heavy atom. The van der Waals surface area contributed by atoms with Gasteiger partial charge in [0.2, 0.25) is 0 Å². The molecule has 0 aliphatic heterocycles. The standard InChI is InChI=1S/C7H4ClN3O2/c8-6-3-1-9-2-4(7(12)13)5(3)10-11-6/h1-2H,(H,10,11)(H,12,13). The zero-order valence-electron chi connectivity index (χ0n) is 6.28. The first-order valence-corrected chi connectivity index (χ1v) is 3.79. The lowest BCUT2D eigenvalue weighted by molar-refractivity contribution is 0.0698. The summed E-state index contributed by atoms with van der Waals surface area (Å²) in [6.45, 7) is 0. The molecule has 13 heavy (non-hydrogen) atoms. The minimum atomic E-state index is -1.07. The van der Waals surface area contributed by atoms with Gasteiger partial charge in [0.05, 0.1) is 5.39 Å². The number of halogens is 1. The summed E-state index contributed by atoms with van der Waals surface area (Å²) in [6, 6.07) is 0. The minimum absolute atomic E-state index is 0.0423. The van der Waals surface area contributed by atoms with Crippen LogP contribution in [0.15, 0.2) is 12.4 Å². The summed E-state index contributed by atoms with van der Waals surface area (Å²) in [5.41, 5.74) is 0.369. The van der Waals surface area contributed by atoms with Crippen molar-refractivity contribution < 1.29 is 9.90 Å². The molecule has 0 saturated heterocycles. The summed E-state index contributed by atoms with van der Waals surface area (Å²) in [5, 5.41) is 15.8. The highest BCUT2D eigenvalue weighted by atomic mass is 35.5. The molecule has 0 aliphatic carbocycles. The molecule has 5 nitrogen and oxygen atoms in total. The molecule has 2 N–H and O–H groups in total. The molecule has 0 aromatic carbocycles. The number of hydrogen-bond donors (Lipinski definition) is 2. The smallest absolute Gasteiger partial charge is 0.339 e. The quantitative estimate of drug-likeness (QED) is 0.723. The fraction of sp³-hybridized carbons (Fsp3) is 0. The van der Waals surface area contributed by atoms with E-state index in [9.17, 15) is 4.79 Å². The van der Waals surface area contributed by atoms with E-state index in [-0.39, 0.29) is 5.56 Å². The number of aromatic nitrogens is 3. The molecule has 66 valence electrons. The predicted octanol–water partition coefficient (Wildman–Crippen LogP) is 1.31. The van der Waals surface area contributed by atoms with Gasteiger partial charge in [-0.25, -0.2) is 4.79 Å². The number of H-pyrrole nitrogens is 1. The highest BCUT2D eigenvalue weighted by Gasteiger charge is 2.12. The van der Waals surface area contributed by atoms with Crippen LogP contribution in [0.2, 0.25) is 5.15 Å². The Bertz CT molecular complexity index is 480. The monoisotopic (exact) mass is 197 g/mol. The van der Waals surface area contributed by atoms with Gasteiger partial charge in [-0.15, -0.1) is 0 Å². The van der Waals surface area contributed by atoms with Crippen LogP contribution in [-0.2, 0) is 0 Å². The molecule has 6 heteroatoms. The third kappa shape index (κ3) is 1.13. The Balaban J connectivity index is 2.84. The summed E-state index contributed by atoms with van der Waals surface area (Å²) in [5.74, 6) is -1.07. The summed E-state index contributed by atoms with van der Waals surface area (Å²) < 4.78 is 0. The second-order valence-corrected chi connectivity index (χ2v) is 2.80. The highest BCUT2D eigenvalue weighted by Crippen LogP contribution is 2.21. The zero-order valence-corrected chi connectivity index (χ0v) is 7.04. The number of carbonyl (C=O) groups is 1. The minimum Gasteiger partial charge on any atom is -0.478 e. The first-order chi connectivity index (χ1) is 6.20. The maximum absolute atomic E-state index is 10.7. The normalized spacial score (nSPS) is 10.5. The van der Waals surface area contributed by atoms with Crippen molar-refractivity contribution in [1.82, 2.24) is 15.2 Å². The molecule has 0 saturated carbocycles. The zero-order chi connectivity index (χ0) is 9.42. The molecular formula is C7H4ClN3O2. The first kappa shape index (κ1) is 8.00. The van der Waals surface area contributed by atoms with E-state index in [1.807, 2.05) is 0 Å². The first-order valence-electron chi connectivity index (χ1n) is 3.41. The van der Waals surface area contributed by atoms with E-state index in [0.29, 0.717) is 16.1 Å². The van der Waals surface area contributed by atoms with Crippen LogP contribution in [0, 0.1) is 0 Å². The van der Waals surface area contributed by atoms with Crippen LogP contribution in [0.25, 0.3) is 10.9 Å². The van der Waals surface area contributed by atoms with Gasteiger partial charge < -0.3 is 5.11 Å². The molecule has 0 amide bonds. The molecule has 0 unspecified atom stereocenters. The number of carboxylic acids is 1. The van der Waals surface area contributed by atoms with E-state index < -0.39 is 5.97 Å². The lowest BCUT2D eigenvalue weighted by Crippen LogP contribution is -1.97. The van der Waals surface area contributed by atoms with E-state index in [0.717, 1.165) is 0 Å². The van der Waals surface area contributed by atoms with Crippen molar-refractivity contribution >= 4 is 28.5 Å². The third-order valence-electron chi connectivity index (χ3n) is 1.65. The van der Waals surface area contributed by atoms with Gasteiger partial charge in [-0.2, -0.15) is 5.10 Å². The second kappa shape index (κ2) is 2.70. The number of fused-ring (bicyclic) bond motifs is 1. The number of nitrogens with zero attached hydrogens (tertiary/aromatic N) is 2. The average Bonchev–Trinajstić information content (AvgIpc) is 2.48. The molecule has 2 rings (SSSR count). The molecular weight excluding hydrogens is 194 g/mol. The van der Waals surface area contributed by atoms with E-state index in [1.165, 1.54) is 12.4 Å². The van der Waals surface area contributed by atoms with Crippen LogP contribution >= 0.6 is 11.6 Å². The lowest BCUT2D eigenvalue weighted by Gasteiger charge is -1.92. The average molecular weight is 198 g/mol. The molecule has 0 bridgehead atoms. The van der Waals surface area contributed by atoms with Crippen molar-refractivity contribution in [3.05, 3.63) is 23.1 Å². The maximum atomic E-state index is 10.7. The van der Waals surface area contributed by atoms with Gasteiger partial charge in [0.15, 0.2) is 0 Å². The van der Waals surface area contributed by atoms with Crippen LogP contribution in [0.4, 0.5) is 0 Å². The van der Waals surface area contributed by atoms with Gasteiger partial charge in [0.1, 0.15) is 16.2 Å².